The van der Waals surface area contributed by atoms with Gasteiger partial charge in [0.1, 0.15) is 11.8 Å². The third-order valence-electron chi connectivity index (χ3n) is 6.01. The second kappa shape index (κ2) is 10.1. The number of alkyl halides is 3. The van der Waals surface area contributed by atoms with E-state index in [9.17, 15) is 22.8 Å². The van der Waals surface area contributed by atoms with Crippen molar-refractivity contribution in [3.8, 4) is 5.75 Å². The molecule has 0 radical (unpaired) electrons. The van der Waals surface area contributed by atoms with Crippen LogP contribution in [0.3, 0.4) is 0 Å². The Hall–Kier alpha value is -2.59. The van der Waals surface area contributed by atoms with Crippen LogP contribution in [-0.4, -0.2) is 71.6 Å². The molecule has 0 spiro atoms. The molecule has 10 heteroatoms. The summed E-state index contributed by atoms with van der Waals surface area (Å²) in [5.74, 6) is -0.221. The van der Waals surface area contributed by atoms with Crippen LogP contribution in [0.25, 0.3) is 0 Å². The van der Waals surface area contributed by atoms with Crippen LogP contribution < -0.4 is 4.74 Å². The van der Waals surface area contributed by atoms with Crippen molar-refractivity contribution in [3.05, 3.63) is 52.2 Å². The summed E-state index contributed by atoms with van der Waals surface area (Å²) in [5, 5.41) is 1.94. The Morgan fingerprint density at radius 2 is 1.76 bits per heavy atom. The molecule has 2 aromatic rings. The number of piperazine rings is 1. The molecule has 2 aliphatic rings. The third-order valence-corrected chi connectivity index (χ3v) is 6.89. The molecule has 0 N–H and O–H groups in total. The van der Waals surface area contributed by atoms with Crippen molar-refractivity contribution in [2.45, 2.75) is 38.2 Å². The number of nitrogens with zero attached hydrogens (tertiary/aromatic N) is 3. The Bertz CT molecular complexity index is 942. The molecule has 2 saturated heterocycles. The van der Waals surface area contributed by atoms with Gasteiger partial charge in [-0.3, -0.25) is 14.5 Å². The summed E-state index contributed by atoms with van der Waals surface area (Å²) in [7, 11) is 0. The number of carbonyl (C=O) groups excluding carboxylic acids is 2. The van der Waals surface area contributed by atoms with Gasteiger partial charge in [0.2, 0.25) is 11.8 Å². The van der Waals surface area contributed by atoms with E-state index in [4.69, 9.17) is 0 Å². The number of hydrogen-bond acceptors (Lipinski definition) is 5. The average molecular weight is 482 g/mol. The van der Waals surface area contributed by atoms with Crippen LogP contribution in [0, 0.1) is 0 Å². The molecule has 2 amide bonds. The maximum atomic E-state index is 13.1. The van der Waals surface area contributed by atoms with E-state index in [-0.39, 0.29) is 23.6 Å². The van der Waals surface area contributed by atoms with Gasteiger partial charge in [0, 0.05) is 44.1 Å². The lowest BCUT2D eigenvalue weighted by Gasteiger charge is -2.37. The first-order valence-electron chi connectivity index (χ1n) is 11.0. The lowest BCUT2D eigenvalue weighted by molar-refractivity contribution is -0.274. The van der Waals surface area contributed by atoms with Gasteiger partial charge in [-0.05, 0) is 42.0 Å². The molecule has 1 aromatic carbocycles. The Morgan fingerprint density at radius 1 is 1.03 bits per heavy atom. The van der Waals surface area contributed by atoms with Crippen LogP contribution in [0.4, 0.5) is 13.2 Å². The number of thiophene rings is 1. The predicted octanol–water partition coefficient (Wildman–Crippen LogP) is 3.52. The minimum atomic E-state index is -4.70. The topological polar surface area (TPSA) is 53.1 Å². The first-order chi connectivity index (χ1) is 15.8. The molecule has 2 fully saturated rings. The van der Waals surface area contributed by atoms with Crippen molar-refractivity contribution in [1.29, 1.82) is 0 Å². The zero-order valence-electron chi connectivity index (χ0n) is 18.1. The minimum Gasteiger partial charge on any atom is -0.406 e. The summed E-state index contributed by atoms with van der Waals surface area (Å²) in [6, 6.07) is 9.33. The molecule has 178 valence electrons. The van der Waals surface area contributed by atoms with Crippen LogP contribution in [0.15, 0.2) is 41.8 Å². The zero-order valence-corrected chi connectivity index (χ0v) is 18.9. The van der Waals surface area contributed by atoms with E-state index in [0.29, 0.717) is 52.1 Å². The molecule has 2 aliphatic heterocycles. The van der Waals surface area contributed by atoms with E-state index in [1.54, 1.807) is 28.4 Å². The number of rotatable bonds is 6. The quantitative estimate of drug-likeness (QED) is 0.634. The summed E-state index contributed by atoms with van der Waals surface area (Å²) in [6.45, 7) is 3.68. The summed E-state index contributed by atoms with van der Waals surface area (Å²) >= 11 is 1.55. The zero-order chi connectivity index (χ0) is 23.4. The molecular weight excluding hydrogens is 455 g/mol. The van der Waals surface area contributed by atoms with Crippen molar-refractivity contribution < 1.29 is 27.5 Å². The van der Waals surface area contributed by atoms with Gasteiger partial charge < -0.3 is 14.5 Å². The Morgan fingerprint density at radius 3 is 2.39 bits per heavy atom. The molecule has 0 bridgehead atoms. The lowest BCUT2D eigenvalue weighted by Crippen LogP contribution is -2.54. The van der Waals surface area contributed by atoms with Gasteiger partial charge in [-0.15, -0.1) is 24.5 Å². The molecule has 3 heterocycles. The van der Waals surface area contributed by atoms with Gasteiger partial charge in [-0.25, -0.2) is 0 Å². The molecule has 0 aliphatic carbocycles. The van der Waals surface area contributed by atoms with Gasteiger partial charge >= 0.3 is 6.36 Å². The number of carbonyl (C=O) groups is 2. The third kappa shape index (κ3) is 6.26. The highest BCUT2D eigenvalue weighted by molar-refractivity contribution is 7.10. The van der Waals surface area contributed by atoms with Gasteiger partial charge in [-0.1, -0.05) is 18.2 Å². The Labute approximate surface area is 194 Å². The van der Waals surface area contributed by atoms with Crippen molar-refractivity contribution in [1.82, 2.24) is 14.7 Å². The van der Waals surface area contributed by atoms with Crippen LogP contribution in [0.1, 0.15) is 23.3 Å². The summed E-state index contributed by atoms with van der Waals surface area (Å²) in [5.41, 5.74) is 0.880. The molecular formula is C23H26F3N3O3S. The van der Waals surface area contributed by atoms with E-state index in [1.165, 1.54) is 12.1 Å². The van der Waals surface area contributed by atoms with Crippen LogP contribution in [-0.2, 0) is 22.6 Å². The Kier molecular flexibility index (Phi) is 7.23. The van der Waals surface area contributed by atoms with Crippen LogP contribution in [0.2, 0.25) is 0 Å². The van der Waals surface area contributed by atoms with Gasteiger partial charge in [0.15, 0.2) is 0 Å². The van der Waals surface area contributed by atoms with Crippen molar-refractivity contribution in [2.24, 2.45) is 0 Å². The summed E-state index contributed by atoms with van der Waals surface area (Å²) in [4.78, 5) is 32.6. The lowest BCUT2D eigenvalue weighted by atomic mass is 10.1. The van der Waals surface area contributed by atoms with E-state index < -0.39 is 6.36 Å². The second-order valence-electron chi connectivity index (χ2n) is 8.29. The second-order valence-corrected chi connectivity index (χ2v) is 9.33. The normalized spacial score (nSPS) is 19.7. The summed E-state index contributed by atoms with van der Waals surface area (Å²) in [6.07, 6.45) is -2.84. The predicted molar refractivity (Wildman–Crippen MR) is 118 cm³/mol. The fourth-order valence-corrected chi connectivity index (χ4v) is 5.07. The summed E-state index contributed by atoms with van der Waals surface area (Å²) < 4.78 is 40.8. The highest BCUT2D eigenvalue weighted by Crippen LogP contribution is 2.24. The fraction of sp³-hybridized carbons (Fsp3) is 0.478. The number of halogens is 3. The minimum absolute atomic E-state index is 0.00452. The fourth-order valence-electron chi connectivity index (χ4n) is 4.38. The molecule has 33 heavy (non-hydrogen) atoms. The van der Waals surface area contributed by atoms with Gasteiger partial charge in [0.05, 0.1) is 6.42 Å². The van der Waals surface area contributed by atoms with E-state index >= 15 is 0 Å². The van der Waals surface area contributed by atoms with Crippen molar-refractivity contribution >= 4 is 23.2 Å². The van der Waals surface area contributed by atoms with Gasteiger partial charge in [0.25, 0.3) is 0 Å². The first-order valence-corrected chi connectivity index (χ1v) is 11.8. The maximum Gasteiger partial charge on any atom is 0.573 e. The standard InChI is InChI=1S/C23H26F3N3O3S/c24-23(25,26)32-18-7-5-17(6-8-18)16-27-10-12-28(13-11-27)22(31)20-4-1-9-29(20)21(30)15-19-3-2-14-33-19/h2-3,5-8,14,20H,1,4,9-13,15-16H2. The molecule has 6 nitrogen and oxygen atoms in total. The Balaban J connectivity index is 1.26. The SMILES string of the molecule is O=C(C1CCCN1C(=O)Cc1cccs1)N1CCN(Cc2ccc(OC(F)(F)F)cc2)CC1. The smallest absolute Gasteiger partial charge is 0.406 e. The number of amides is 2. The van der Waals surface area contributed by atoms with E-state index in [1.807, 2.05) is 22.4 Å². The van der Waals surface area contributed by atoms with E-state index in [2.05, 4.69) is 9.64 Å². The largest absolute Gasteiger partial charge is 0.573 e. The van der Waals surface area contributed by atoms with Crippen molar-refractivity contribution in [2.75, 3.05) is 32.7 Å². The number of ether oxygens (including phenoxy) is 1. The van der Waals surface area contributed by atoms with Crippen LogP contribution in [0.5, 0.6) is 5.75 Å². The van der Waals surface area contributed by atoms with E-state index in [0.717, 1.165) is 16.9 Å². The average Bonchev–Trinajstić information content (AvgIpc) is 3.46. The molecule has 1 unspecified atom stereocenters. The monoisotopic (exact) mass is 481 g/mol. The molecule has 1 atom stereocenters. The maximum absolute atomic E-state index is 13.1. The van der Waals surface area contributed by atoms with Crippen LogP contribution >= 0.6 is 11.3 Å². The highest BCUT2D eigenvalue weighted by atomic mass is 32.1. The highest BCUT2D eigenvalue weighted by Gasteiger charge is 2.37. The van der Waals surface area contributed by atoms with Gasteiger partial charge in [-0.2, -0.15) is 0 Å². The van der Waals surface area contributed by atoms with Crippen molar-refractivity contribution in [3.63, 3.8) is 0 Å². The number of hydrogen-bond donors (Lipinski definition) is 0. The number of likely N-dealkylation sites (tertiary alicyclic amines) is 1. The molecule has 1 aromatic heterocycles. The molecule has 4 rings (SSSR count). The molecule has 0 saturated carbocycles. The number of benzene rings is 1. The first kappa shape index (κ1) is 23.6.